The fourth-order valence-corrected chi connectivity index (χ4v) is 4.78. The second kappa shape index (κ2) is 11.1. The van der Waals surface area contributed by atoms with E-state index >= 15 is 0 Å². The van der Waals surface area contributed by atoms with Gasteiger partial charge in [-0.15, -0.1) is 4.99 Å². The van der Waals surface area contributed by atoms with Crippen LogP contribution in [-0.4, -0.2) is 38.1 Å². The van der Waals surface area contributed by atoms with Gasteiger partial charge in [0.2, 0.25) is 12.2 Å². The maximum atomic E-state index is 13.0. The largest absolute Gasteiger partial charge is 0.496 e. The van der Waals surface area contributed by atoms with E-state index in [1.54, 1.807) is 19.2 Å². The summed E-state index contributed by atoms with van der Waals surface area (Å²) in [5.41, 5.74) is 1.64. The van der Waals surface area contributed by atoms with Gasteiger partial charge in [0, 0.05) is 24.5 Å². The van der Waals surface area contributed by atoms with E-state index in [0.29, 0.717) is 29.7 Å². The number of rotatable bonds is 8. The summed E-state index contributed by atoms with van der Waals surface area (Å²) in [6, 6.07) is 18.0. The number of carbonyl (C=O) groups excluding carboxylic acids is 1. The molecule has 2 aliphatic carbocycles. The molecular weight excluding hydrogens is 426 g/mol. The fourth-order valence-electron chi connectivity index (χ4n) is 4.78. The van der Waals surface area contributed by atoms with Crippen LogP contribution >= 0.6 is 0 Å². The summed E-state index contributed by atoms with van der Waals surface area (Å²) in [6.45, 7) is 1.42. The minimum Gasteiger partial charge on any atom is -0.496 e. The highest BCUT2D eigenvalue weighted by molar-refractivity contribution is 5.97. The van der Waals surface area contributed by atoms with Crippen LogP contribution in [0.25, 0.3) is 0 Å². The molecule has 178 valence electrons. The summed E-state index contributed by atoms with van der Waals surface area (Å²) in [5.74, 6) is 1.73. The smallest absolute Gasteiger partial charge is 0.255 e. The number of aliphatic imine (C=N–C) groups is 1. The maximum absolute atomic E-state index is 13.0. The van der Waals surface area contributed by atoms with Crippen molar-refractivity contribution in [2.24, 2.45) is 10.9 Å². The van der Waals surface area contributed by atoms with Crippen LogP contribution < -0.4 is 20.7 Å². The molecule has 0 heterocycles. The highest BCUT2D eigenvalue weighted by atomic mass is 16.5. The van der Waals surface area contributed by atoms with Gasteiger partial charge in [-0.05, 0) is 62.1 Å². The summed E-state index contributed by atoms with van der Waals surface area (Å²) in [6.07, 6.45) is 8.09. The van der Waals surface area contributed by atoms with Gasteiger partial charge in [0.1, 0.15) is 5.75 Å². The number of nitrogens with zero attached hydrogens (tertiary/aromatic N) is 2. The van der Waals surface area contributed by atoms with E-state index in [1.165, 1.54) is 18.4 Å². The SMILES string of the molecule is COc1ccccc1C(=O)NCC1(c2ccccc2)CCC(N/C(=N/C#N)NCC2CC2)CC1. The zero-order valence-corrected chi connectivity index (χ0v) is 19.7. The lowest BCUT2D eigenvalue weighted by Crippen LogP contribution is -2.50. The quantitative estimate of drug-likeness (QED) is 0.317. The molecule has 0 radical (unpaired) electrons. The molecule has 0 unspecified atom stereocenters. The predicted octanol–water partition coefficient (Wildman–Crippen LogP) is 3.73. The molecule has 2 aromatic rings. The summed E-state index contributed by atoms with van der Waals surface area (Å²) < 4.78 is 5.37. The van der Waals surface area contributed by atoms with Crippen molar-refractivity contribution in [2.45, 2.75) is 50.0 Å². The molecule has 0 saturated heterocycles. The van der Waals surface area contributed by atoms with Crippen LogP contribution in [0.4, 0.5) is 0 Å². The molecular formula is C27H33N5O2. The van der Waals surface area contributed by atoms with Gasteiger partial charge in [-0.3, -0.25) is 4.79 Å². The Labute approximate surface area is 201 Å². The number of guanidine groups is 1. The van der Waals surface area contributed by atoms with Gasteiger partial charge in [0.15, 0.2) is 0 Å². The molecule has 7 nitrogen and oxygen atoms in total. The molecule has 3 N–H and O–H groups in total. The predicted molar refractivity (Wildman–Crippen MR) is 133 cm³/mol. The second-order valence-electron chi connectivity index (χ2n) is 9.33. The molecule has 2 saturated carbocycles. The number of nitriles is 1. The van der Waals surface area contributed by atoms with Crippen LogP contribution in [-0.2, 0) is 5.41 Å². The van der Waals surface area contributed by atoms with Crippen molar-refractivity contribution >= 4 is 11.9 Å². The van der Waals surface area contributed by atoms with E-state index in [0.717, 1.165) is 32.2 Å². The number of hydrogen-bond acceptors (Lipinski definition) is 4. The molecule has 0 atom stereocenters. The van der Waals surface area contributed by atoms with Crippen LogP contribution in [0.3, 0.4) is 0 Å². The third-order valence-corrected chi connectivity index (χ3v) is 7.03. The van der Waals surface area contributed by atoms with Crippen LogP contribution in [0.5, 0.6) is 5.75 Å². The van der Waals surface area contributed by atoms with Crippen molar-refractivity contribution in [3.05, 3.63) is 65.7 Å². The van der Waals surface area contributed by atoms with Crippen LogP contribution in [0.15, 0.2) is 59.6 Å². The van der Waals surface area contributed by atoms with Gasteiger partial charge in [-0.1, -0.05) is 42.5 Å². The number of nitrogens with one attached hydrogen (secondary N) is 3. The van der Waals surface area contributed by atoms with E-state index in [4.69, 9.17) is 10.00 Å². The Morgan fingerprint density at radius 3 is 2.44 bits per heavy atom. The Kier molecular flexibility index (Phi) is 7.69. The second-order valence-corrected chi connectivity index (χ2v) is 9.33. The van der Waals surface area contributed by atoms with Gasteiger partial charge in [0.25, 0.3) is 5.91 Å². The lowest BCUT2D eigenvalue weighted by atomic mass is 9.68. The van der Waals surface area contributed by atoms with Crippen molar-refractivity contribution < 1.29 is 9.53 Å². The molecule has 0 aliphatic heterocycles. The van der Waals surface area contributed by atoms with E-state index < -0.39 is 0 Å². The molecule has 2 fully saturated rings. The third kappa shape index (κ3) is 5.88. The third-order valence-electron chi connectivity index (χ3n) is 7.03. The topological polar surface area (TPSA) is 98.5 Å². The minimum absolute atomic E-state index is 0.124. The molecule has 1 amide bonds. The van der Waals surface area contributed by atoms with Crippen molar-refractivity contribution in [3.63, 3.8) is 0 Å². The number of carbonyl (C=O) groups is 1. The van der Waals surface area contributed by atoms with Crippen LogP contribution in [0.1, 0.15) is 54.4 Å². The molecule has 0 spiro atoms. The van der Waals surface area contributed by atoms with Crippen molar-refractivity contribution in [3.8, 4) is 11.9 Å². The molecule has 2 aromatic carbocycles. The molecule has 0 bridgehead atoms. The maximum Gasteiger partial charge on any atom is 0.255 e. The van der Waals surface area contributed by atoms with Gasteiger partial charge < -0.3 is 20.7 Å². The summed E-state index contributed by atoms with van der Waals surface area (Å²) in [7, 11) is 1.58. The highest BCUT2D eigenvalue weighted by Gasteiger charge is 2.37. The van der Waals surface area contributed by atoms with Crippen molar-refractivity contribution in [2.75, 3.05) is 20.2 Å². The number of ether oxygens (including phenoxy) is 1. The molecule has 7 heteroatoms. The van der Waals surface area contributed by atoms with Crippen LogP contribution in [0, 0.1) is 17.4 Å². The molecule has 34 heavy (non-hydrogen) atoms. The Morgan fingerprint density at radius 1 is 1.06 bits per heavy atom. The lowest BCUT2D eigenvalue weighted by Gasteiger charge is -2.41. The molecule has 2 aliphatic rings. The zero-order valence-electron chi connectivity index (χ0n) is 19.7. The normalized spacial score (nSPS) is 22.4. The summed E-state index contributed by atoms with van der Waals surface area (Å²) in [5, 5.41) is 19.0. The number of amides is 1. The molecule has 4 rings (SSSR count). The summed E-state index contributed by atoms with van der Waals surface area (Å²) in [4.78, 5) is 16.9. The lowest BCUT2D eigenvalue weighted by molar-refractivity contribution is 0.0932. The van der Waals surface area contributed by atoms with Crippen molar-refractivity contribution in [1.82, 2.24) is 16.0 Å². The van der Waals surface area contributed by atoms with Gasteiger partial charge in [-0.2, -0.15) is 5.26 Å². The molecule has 0 aromatic heterocycles. The number of benzene rings is 2. The van der Waals surface area contributed by atoms with Crippen LogP contribution in [0.2, 0.25) is 0 Å². The Bertz CT molecular complexity index is 1030. The first-order valence-electron chi connectivity index (χ1n) is 12.1. The zero-order chi connectivity index (χ0) is 23.8. The highest BCUT2D eigenvalue weighted by Crippen LogP contribution is 2.39. The number of methoxy groups -OCH3 is 1. The van der Waals surface area contributed by atoms with Gasteiger partial charge in [0.05, 0.1) is 12.7 Å². The Hall–Kier alpha value is -3.53. The fraction of sp³-hybridized carbons (Fsp3) is 0.444. The average Bonchev–Trinajstić information content (AvgIpc) is 3.72. The van der Waals surface area contributed by atoms with Gasteiger partial charge >= 0.3 is 0 Å². The van der Waals surface area contributed by atoms with E-state index in [1.807, 2.05) is 24.4 Å². The number of para-hydroxylation sites is 1. The Balaban J connectivity index is 1.42. The average molecular weight is 460 g/mol. The van der Waals surface area contributed by atoms with Gasteiger partial charge in [-0.25, -0.2) is 0 Å². The summed E-state index contributed by atoms with van der Waals surface area (Å²) >= 11 is 0. The number of hydrogen-bond donors (Lipinski definition) is 3. The van der Waals surface area contributed by atoms with E-state index in [2.05, 4.69) is 45.2 Å². The first-order valence-corrected chi connectivity index (χ1v) is 12.1. The van der Waals surface area contributed by atoms with E-state index in [9.17, 15) is 4.79 Å². The monoisotopic (exact) mass is 459 g/mol. The van der Waals surface area contributed by atoms with Crippen molar-refractivity contribution in [1.29, 1.82) is 5.26 Å². The first-order chi connectivity index (χ1) is 16.6. The standard InChI is InChI=1S/C27H33N5O2/c1-34-24-10-6-5-9-23(24)25(33)30-18-27(21-7-3-2-4-8-21)15-13-22(14-16-27)32-26(31-19-28)29-17-20-11-12-20/h2-10,20,22H,11-18H2,1H3,(H,30,33)(H2,29,31,32). The van der Waals surface area contributed by atoms with E-state index in [-0.39, 0.29) is 17.4 Å². The first kappa shape index (κ1) is 23.6. The Morgan fingerprint density at radius 2 is 1.76 bits per heavy atom. The minimum atomic E-state index is -0.148.